The summed E-state index contributed by atoms with van der Waals surface area (Å²) < 4.78 is 32.5. The predicted molar refractivity (Wildman–Crippen MR) is 79.3 cm³/mol. The highest BCUT2D eigenvalue weighted by Gasteiger charge is 2.15. The van der Waals surface area contributed by atoms with E-state index in [1.165, 1.54) is 42.3 Å². The van der Waals surface area contributed by atoms with Crippen LogP contribution in [0.3, 0.4) is 0 Å². The zero-order valence-electron chi connectivity index (χ0n) is 11.9. The minimum atomic E-state index is -3.73. The number of anilines is 1. The van der Waals surface area contributed by atoms with Crippen molar-refractivity contribution in [3.63, 3.8) is 0 Å². The Kier molecular flexibility index (Phi) is 4.56. The second-order valence-electron chi connectivity index (χ2n) is 4.31. The summed E-state index contributed by atoms with van der Waals surface area (Å²) in [5.74, 6) is -0.349. The van der Waals surface area contributed by atoms with Gasteiger partial charge in [0.25, 0.3) is 10.0 Å². The Labute approximate surface area is 127 Å². The number of hydrogen-bond donors (Lipinski definition) is 1. The van der Waals surface area contributed by atoms with Gasteiger partial charge >= 0.3 is 5.97 Å². The third kappa shape index (κ3) is 3.92. The van der Waals surface area contributed by atoms with Gasteiger partial charge in [0.05, 0.1) is 18.2 Å². The molecule has 0 bridgehead atoms. The first kappa shape index (κ1) is 15.7. The molecule has 1 aromatic heterocycles. The molecule has 0 unspecified atom stereocenters. The molecule has 2 rings (SSSR count). The Hall–Kier alpha value is -2.68. The number of carbonyl (C=O) groups excluding carboxylic acids is 1. The molecule has 116 valence electrons. The summed E-state index contributed by atoms with van der Waals surface area (Å²) >= 11 is 0. The lowest BCUT2D eigenvalue weighted by Crippen LogP contribution is -2.13. The fraction of sp³-hybridized carbons (Fsp3) is 0.154. The van der Waals surface area contributed by atoms with Gasteiger partial charge in [-0.05, 0) is 23.8 Å². The molecule has 0 amide bonds. The van der Waals surface area contributed by atoms with E-state index in [4.69, 9.17) is 0 Å². The van der Waals surface area contributed by atoms with E-state index in [-0.39, 0.29) is 10.7 Å². The van der Waals surface area contributed by atoms with Crippen molar-refractivity contribution in [2.45, 2.75) is 4.90 Å². The molecule has 0 saturated heterocycles. The number of aryl methyl sites for hydroxylation is 1. The summed E-state index contributed by atoms with van der Waals surface area (Å²) in [6.07, 6.45) is 4.23. The second kappa shape index (κ2) is 6.39. The van der Waals surface area contributed by atoms with Crippen LogP contribution in [0.1, 0.15) is 5.56 Å². The van der Waals surface area contributed by atoms with Crippen LogP contribution >= 0.6 is 0 Å². The molecule has 0 atom stereocenters. The Balaban J connectivity index is 2.15. The van der Waals surface area contributed by atoms with Crippen LogP contribution in [-0.4, -0.2) is 36.5 Å². The number of nitrogens with zero attached hydrogens (tertiary/aromatic N) is 3. The van der Waals surface area contributed by atoms with E-state index in [0.29, 0.717) is 5.56 Å². The van der Waals surface area contributed by atoms with Crippen LogP contribution in [0, 0.1) is 0 Å². The highest BCUT2D eigenvalue weighted by atomic mass is 32.2. The van der Waals surface area contributed by atoms with Gasteiger partial charge in [-0.1, -0.05) is 17.3 Å². The van der Waals surface area contributed by atoms with Gasteiger partial charge in [-0.3, -0.25) is 9.40 Å². The molecule has 0 saturated carbocycles. The van der Waals surface area contributed by atoms with Crippen molar-refractivity contribution in [3.05, 3.63) is 42.1 Å². The Morgan fingerprint density at radius 1 is 1.32 bits per heavy atom. The fourth-order valence-electron chi connectivity index (χ4n) is 1.58. The zero-order chi connectivity index (χ0) is 16.2. The van der Waals surface area contributed by atoms with E-state index in [1.54, 1.807) is 19.2 Å². The SMILES string of the molecule is COC(=O)/C=C/c1ccc(S(=O)(=O)Nc2cn(C)nn2)cc1. The van der Waals surface area contributed by atoms with Gasteiger partial charge in [0, 0.05) is 13.1 Å². The van der Waals surface area contributed by atoms with Gasteiger partial charge in [0.1, 0.15) is 0 Å². The van der Waals surface area contributed by atoms with Crippen LogP contribution in [0.2, 0.25) is 0 Å². The third-order valence-corrected chi connectivity index (χ3v) is 4.02. The molecule has 1 aromatic carbocycles. The fourth-order valence-corrected chi connectivity index (χ4v) is 2.56. The molecule has 1 N–H and O–H groups in total. The maximum atomic E-state index is 12.2. The van der Waals surface area contributed by atoms with Gasteiger partial charge in [0.2, 0.25) is 0 Å². The lowest BCUT2D eigenvalue weighted by atomic mass is 10.2. The smallest absolute Gasteiger partial charge is 0.330 e. The Bertz CT molecular complexity index is 794. The van der Waals surface area contributed by atoms with E-state index < -0.39 is 16.0 Å². The molecule has 0 aliphatic rings. The van der Waals surface area contributed by atoms with Crippen LogP contribution < -0.4 is 4.72 Å². The second-order valence-corrected chi connectivity index (χ2v) is 5.99. The molecule has 8 nitrogen and oxygen atoms in total. The highest BCUT2D eigenvalue weighted by molar-refractivity contribution is 7.92. The molecular formula is C13H14N4O4S. The largest absolute Gasteiger partial charge is 0.466 e. The first-order chi connectivity index (χ1) is 10.4. The quantitative estimate of drug-likeness (QED) is 0.645. The lowest BCUT2D eigenvalue weighted by Gasteiger charge is -2.05. The number of sulfonamides is 1. The Morgan fingerprint density at radius 3 is 2.55 bits per heavy atom. The predicted octanol–water partition coefficient (Wildman–Crippen LogP) is 0.802. The van der Waals surface area contributed by atoms with Crippen LogP contribution in [0.25, 0.3) is 6.08 Å². The number of rotatable bonds is 5. The number of ether oxygens (including phenoxy) is 1. The minimum Gasteiger partial charge on any atom is -0.466 e. The van der Waals surface area contributed by atoms with E-state index in [0.717, 1.165) is 0 Å². The van der Waals surface area contributed by atoms with Gasteiger partial charge in [-0.15, -0.1) is 5.10 Å². The van der Waals surface area contributed by atoms with Crippen LogP contribution in [-0.2, 0) is 26.6 Å². The monoisotopic (exact) mass is 322 g/mol. The topological polar surface area (TPSA) is 103 Å². The summed E-state index contributed by atoms with van der Waals surface area (Å²) in [4.78, 5) is 11.1. The molecule has 0 spiro atoms. The third-order valence-electron chi connectivity index (χ3n) is 2.65. The first-order valence-electron chi connectivity index (χ1n) is 6.16. The van der Waals surface area contributed by atoms with Crippen molar-refractivity contribution < 1.29 is 17.9 Å². The average molecular weight is 322 g/mol. The van der Waals surface area contributed by atoms with Gasteiger partial charge in [-0.2, -0.15) is 0 Å². The number of hydrogen-bond acceptors (Lipinski definition) is 6. The van der Waals surface area contributed by atoms with Gasteiger partial charge in [0.15, 0.2) is 5.82 Å². The standard InChI is InChI=1S/C13H14N4O4S/c1-17-9-12(14-16-17)15-22(19,20)11-6-3-10(4-7-11)5-8-13(18)21-2/h3-9,15H,1-2H3/b8-5+. The average Bonchev–Trinajstić information content (AvgIpc) is 2.89. The summed E-state index contributed by atoms with van der Waals surface area (Å²) in [6.45, 7) is 0. The maximum absolute atomic E-state index is 12.2. The zero-order valence-corrected chi connectivity index (χ0v) is 12.7. The molecule has 0 aliphatic heterocycles. The summed E-state index contributed by atoms with van der Waals surface area (Å²) in [5, 5.41) is 7.31. The van der Waals surface area contributed by atoms with Crippen molar-refractivity contribution in [1.82, 2.24) is 15.0 Å². The van der Waals surface area contributed by atoms with Crippen LogP contribution in [0.15, 0.2) is 41.4 Å². The molecule has 0 radical (unpaired) electrons. The molecule has 0 aliphatic carbocycles. The van der Waals surface area contributed by atoms with E-state index in [9.17, 15) is 13.2 Å². The van der Waals surface area contributed by atoms with Crippen molar-refractivity contribution in [2.24, 2.45) is 7.05 Å². The van der Waals surface area contributed by atoms with Gasteiger partial charge in [-0.25, -0.2) is 13.2 Å². The highest BCUT2D eigenvalue weighted by Crippen LogP contribution is 2.15. The number of carbonyl (C=O) groups is 1. The summed E-state index contributed by atoms with van der Waals surface area (Å²) in [5.41, 5.74) is 0.670. The van der Waals surface area contributed by atoms with E-state index in [1.807, 2.05) is 0 Å². The lowest BCUT2D eigenvalue weighted by molar-refractivity contribution is -0.134. The molecule has 2 aromatic rings. The van der Waals surface area contributed by atoms with Crippen molar-refractivity contribution in [2.75, 3.05) is 11.8 Å². The maximum Gasteiger partial charge on any atom is 0.330 e. The normalized spacial score (nSPS) is 11.5. The molecular weight excluding hydrogens is 308 g/mol. The van der Waals surface area contributed by atoms with Crippen LogP contribution in [0.5, 0.6) is 0 Å². The molecule has 22 heavy (non-hydrogen) atoms. The summed E-state index contributed by atoms with van der Waals surface area (Å²) in [6, 6.07) is 6.00. The van der Waals surface area contributed by atoms with Crippen LogP contribution in [0.4, 0.5) is 5.82 Å². The van der Waals surface area contributed by atoms with Gasteiger partial charge < -0.3 is 4.74 Å². The number of aromatic nitrogens is 3. The number of benzene rings is 1. The van der Waals surface area contributed by atoms with E-state index >= 15 is 0 Å². The first-order valence-corrected chi connectivity index (χ1v) is 7.64. The number of nitrogens with one attached hydrogen (secondary N) is 1. The molecule has 0 fully saturated rings. The van der Waals surface area contributed by atoms with Crippen molar-refractivity contribution in [1.29, 1.82) is 0 Å². The number of methoxy groups -OCH3 is 1. The molecule has 9 heteroatoms. The van der Waals surface area contributed by atoms with E-state index in [2.05, 4.69) is 19.8 Å². The minimum absolute atomic E-state index is 0.0772. The molecule has 1 heterocycles. The number of esters is 1. The van der Waals surface area contributed by atoms with Crippen molar-refractivity contribution >= 4 is 27.9 Å². The van der Waals surface area contributed by atoms with Crippen molar-refractivity contribution in [3.8, 4) is 0 Å². The summed E-state index contributed by atoms with van der Waals surface area (Å²) in [7, 11) is -0.824. The Morgan fingerprint density at radius 2 is 2.00 bits per heavy atom.